The van der Waals surface area contributed by atoms with Crippen molar-refractivity contribution in [3.05, 3.63) is 0 Å². The van der Waals surface area contributed by atoms with E-state index in [2.05, 4.69) is 4.74 Å². The standard InChI is InChI=1S/C6H13NO2S.ClH/c1-2-9-6(8)5-10-4-3-7;/h2-5,7H2,1H3;1H. The first kappa shape index (κ1) is 13.6. The Labute approximate surface area is 77.5 Å². The van der Waals surface area contributed by atoms with E-state index in [0.29, 0.717) is 18.9 Å². The zero-order valence-corrected chi connectivity index (χ0v) is 8.17. The zero-order valence-electron chi connectivity index (χ0n) is 6.54. The van der Waals surface area contributed by atoms with Gasteiger partial charge in [0.25, 0.3) is 0 Å². The van der Waals surface area contributed by atoms with Crippen LogP contribution in [0.2, 0.25) is 0 Å². The van der Waals surface area contributed by atoms with Crippen LogP contribution in [0.1, 0.15) is 6.92 Å². The Kier molecular flexibility index (Phi) is 12.5. The fourth-order valence-electron chi connectivity index (χ4n) is 0.441. The van der Waals surface area contributed by atoms with Gasteiger partial charge in [-0.15, -0.1) is 24.2 Å². The van der Waals surface area contributed by atoms with Gasteiger partial charge in [-0.2, -0.15) is 0 Å². The summed E-state index contributed by atoms with van der Waals surface area (Å²) in [6, 6.07) is 0. The van der Waals surface area contributed by atoms with Gasteiger partial charge in [0, 0.05) is 12.3 Å². The number of esters is 1. The number of thioether (sulfide) groups is 1. The van der Waals surface area contributed by atoms with E-state index < -0.39 is 0 Å². The van der Waals surface area contributed by atoms with E-state index in [0.717, 1.165) is 5.75 Å². The van der Waals surface area contributed by atoms with E-state index in [1.54, 1.807) is 6.92 Å². The number of ether oxygens (including phenoxy) is 1. The molecular weight excluding hydrogens is 186 g/mol. The van der Waals surface area contributed by atoms with Gasteiger partial charge in [0.1, 0.15) is 0 Å². The van der Waals surface area contributed by atoms with E-state index in [1.807, 2.05) is 0 Å². The number of rotatable bonds is 5. The summed E-state index contributed by atoms with van der Waals surface area (Å²) < 4.78 is 4.69. The van der Waals surface area contributed by atoms with Crippen molar-refractivity contribution in [1.82, 2.24) is 0 Å². The van der Waals surface area contributed by atoms with Crippen molar-refractivity contribution in [2.45, 2.75) is 6.92 Å². The molecule has 68 valence electrons. The lowest BCUT2D eigenvalue weighted by molar-refractivity contribution is -0.139. The highest BCUT2D eigenvalue weighted by Gasteiger charge is 1.98. The second-order valence-corrected chi connectivity index (χ2v) is 2.75. The van der Waals surface area contributed by atoms with Crippen molar-refractivity contribution in [1.29, 1.82) is 0 Å². The third kappa shape index (κ3) is 10.1. The first-order valence-electron chi connectivity index (χ1n) is 3.24. The summed E-state index contributed by atoms with van der Waals surface area (Å²) in [6.07, 6.45) is 0. The molecule has 0 spiro atoms. The molecule has 0 aliphatic rings. The number of carbonyl (C=O) groups is 1. The van der Waals surface area contributed by atoms with Crippen LogP contribution >= 0.6 is 24.2 Å². The summed E-state index contributed by atoms with van der Waals surface area (Å²) in [5, 5.41) is 0. The van der Waals surface area contributed by atoms with Crippen LogP contribution < -0.4 is 5.73 Å². The minimum Gasteiger partial charge on any atom is -0.465 e. The van der Waals surface area contributed by atoms with Crippen molar-refractivity contribution < 1.29 is 9.53 Å². The molecule has 0 aromatic heterocycles. The lowest BCUT2D eigenvalue weighted by Crippen LogP contribution is -2.09. The van der Waals surface area contributed by atoms with Crippen molar-refractivity contribution >= 4 is 30.1 Å². The molecule has 0 bridgehead atoms. The first-order chi connectivity index (χ1) is 4.81. The molecule has 0 heterocycles. The molecule has 5 heteroatoms. The normalized spacial score (nSPS) is 8.55. The highest BCUT2D eigenvalue weighted by molar-refractivity contribution is 7.99. The summed E-state index contributed by atoms with van der Waals surface area (Å²) in [4.78, 5) is 10.6. The van der Waals surface area contributed by atoms with E-state index in [9.17, 15) is 4.79 Å². The molecule has 0 amide bonds. The summed E-state index contributed by atoms with van der Waals surface area (Å²) >= 11 is 1.50. The quantitative estimate of drug-likeness (QED) is 0.522. The summed E-state index contributed by atoms with van der Waals surface area (Å²) in [5.74, 6) is 1.09. The smallest absolute Gasteiger partial charge is 0.315 e. The van der Waals surface area contributed by atoms with Crippen LogP contribution in [0.25, 0.3) is 0 Å². The highest BCUT2D eigenvalue weighted by atomic mass is 35.5. The monoisotopic (exact) mass is 199 g/mol. The molecule has 0 saturated carbocycles. The minimum atomic E-state index is -0.152. The maximum atomic E-state index is 10.6. The van der Waals surface area contributed by atoms with E-state index in [4.69, 9.17) is 5.73 Å². The van der Waals surface area contributed by atoms with Crippen molar-refractivity contribution in [3.63, 3.8) is 0 Å². The zero-order chi connectivity index (χ0) is 7.82. The molecule has 0 aromatic rings. The van der Waals surface area contributed by atoms with Gasteiger partial charge < -0.3 is 10.5 Å². The second kappa shape index (κ2) is 10.1. The number of hydrogen-bond acceptors (Lipinski definition) is 4. The molecule has 0 aliphatic heterocycles. The number of carbonyl (C=O) groups excluding carboxylic acids is 1. The Morgan fingerprint density at radius 2 is 2.27 bits per heavy atom. The predicted octanol–water partition coefficient (Wildman–Crippen LogP) is 0.663. The highest BCUT2D eigenvalue weighted by Crippen LogP contribution is 1.97. The average Bonchev–Trinajstić information content (AvgIpc) is 1.89. The predicted molar refractivity (Wildman–Crippen MR) is 50.3 cm³/mol. The lowest BCUT2D eigenvalue weighted by Gasteiger charge is -1.99. The van der Waals surface area contributed by atoms with Gasteiger partial charge in [-0.3, -0.25) is 4.79 Å². The van der Waals surface area contributed by atoms with Crippen LogP contribution in [0.5, 0.6) is 0 Å². The van der Waals surface area contributed by atoms with Crippen LogP contribution in [0.3, 0.4) is 0 Å². The number of halogens is 1. The molecule has 0 unspecified atom stereocenters. The van der Waals surface area contributed by atoms with Gasteiger partial charge in [0.15, 0.2) is 0 Å². The van der Waals surface area contributed by atoms with Gasteiger partial charge in [0.05, 0.1) is 12.4 Å². The van der Waals surface area contributed by atoms with Crippen LogP contribution in [-0.4, -0.2) is 30.6 Å². The molecule has 0 fully saturated rings. The largest absolute Gasteiger partial charge is 0.465 e. The SMILES string of the molecule is CCOC(=O)CSCCN.Cl. The molecular formula is C6H14ClNO2S. The third-order valence-electron chi connectivity index (χ3n) is 0.787. The Balaban J connectivity index is 0. The molecule has 3 nitrogen and oxygen atoms in total. The Hall–Kier alpha value is 0.0700. The van der Waals surface area contributed by atoms with Gasteiger partial charge in [0.2, 0.25) is 0 Å². The number of hydrogen-bond donors (Lipinski definition) is 1. The fourth-order valence-corrected chi connectivity index (χ4v) is 1.00. The summed E-state index contributed by atoms with van der Waals surface area (Å²) in [7, 11) is 0. The topological polar surface area (TPSA) is 52.3 Å². The Bertz CT molecular complexity index is 103. The molecule has 0 rings (SSSR count). The molecule has 0 aliphatic carbocycles. The molecule has 0 aromatic carbocycles. The minimum absolute atomic E-state index is 0. The number of nitrogens with two attached hydrogens (primary N) is 1. The Morgan fingerprint density at radius 3 is 2.73 bits per heavy atom. The molecule has 0 saturated heterocycles. The van der Waals surface area contributed by atoms with Crippen molar-refractivity contribution in [2.24, 2.45) is 5.73 Å². The molecule has 0 atom stereocenters. The molecule has 2 N–H and O–H groups in total. The van der Waals surface area contributed by atoms with Crippen molar-refractivity contribution in [2.75, 3.05) is 24.7 Å². The molecule has 11 heavy (non-hydrogen) atoms. The third-order valence-corrected chi connectivity index (χ3v) is 1.75. The summed E-state index contributed by atoms with van der Waals surface area (Å²) in [5.41, 5.74) is 5.22. The van der Waals surface area contributed by atoms with Crippen LogP contribution in [0.4, 0.5) is 0 Å². The van der Waals surface area contributed by atoms with Crippen molar-refractivity contribution in [3.8, 4) is 0 Å². The van der Waals surface area contributed by atoms with Gasteiger partial charge in [-0.25, -0.2) is 0 Å². The Morgan fingerprint density at radius 1 is 1.64 bits per heavy atom. The first-order valence-corrected chi connectivity index (χ1v) is 4.40. The van der Waals surface area contributed by atoms with Gasteiger partial charge in [-0.05, 0) is 6.92 Å². The van der Waals surface area contributed by atoms with Crippen LogP contribution in [0.15, 0.2) is 0 Å². The van der Waals surface area contributed by atoms with Gasteiger partial charge in [-0.1, -0.05) is 0 Å². The second-order valence-electron chi connectivity index (χ2n) is 1.65. The van der Waals surface area contributed by atoms with E-state index >= 15 is 0 Å². The average molecular weight is 200 g/mol. The maximum absolute atomic E-state index is 10.6. The van der Waals surface area contributed by atoms with E-state index in [1.165, 1.54) is 11.8 Å². The maximum Gasteiger partial charge on any atom is 0.315 e. The van der Waals surface area contributed by atoms with E-state index in [-0.39, 0.29) is 18.4 Å². The van der Waals surface area contributed by atoms with Gasteiger partial charge >= 0.3 is 5.97 Å². The lowest BCUT2D eigenvalue weighted by atomic mass is 10.8. The van der Waals surface area contributed by atoms with Crippen LogP contribution in [-0.2, 0) is 9.53 Å². The fraction of sp³-hybridized carbons (Fsp3) is 0.833. The van der Waals surface area contributed by atoms with Crippen LogP contribution in [0, 0.1) is 0 Å². The molecule has 0 radical (unpaired) electrons. The summed E-state index contributed by atoms with van der Waals surface area (Å²) in [6.45, 7) is 2.87.